The number of imidazole rings is 1. The molecule has 1 heterocycles. The maximum absolute atomic E-state index is 4.41. The zero-order chi connectivity index (χ0) is 8.39. The van der Waals surface area contributed by atoms with Gasteiger partial charge in [-0.15, -0.1) is 0 Å². The van der Waals surface area contributed by atoms with Crippen molar-refractivity contribution in [2.45, 2.75) is 12.8 Å². The number of aromatic amines is 1. The molecule has 0 atom stereocenters. The molecule has 0 aliphatic heterocycles. The third-order valence-electron chi connectivity index (χ3n) is 1.85. The zero-order valence-corrected chi connectivity index (χ0v) is 6.88. The first-order chi connectivity index (χ1) is 5.90. The number of nitrogens with zero attached hydrogens (tertiary/aromatic N) is 1. The summed E-state index contributed by atoms with van der Waals surface area (Å²) in [6.45, 7) is 3.79. The molecule has 0 aliphatic rings. The Morgan fingerprint density at radius 1 is 1.33 bits per heavy atom. The molecule has 0 unspecified atom stereocenters. The van der Waals surface area contributed by atoms with Crippen molar-refractivity contribution in [2.24, 2.45) is 0 Å². The van der Waals surface area contributed by atoms with E-state index in [9.17, 15) is 0 Å². The van der Waals surface area contributed by atoms with E-state index in [1.54, 1.807) is 0 Å². The minimum atomic E-state index is 0.889. The van der Waals surface area contributed by atoms with Crippen LogP contribution in [0.15, 0.2) is 24.3 Å². The van der Waals surface area contributed by atoms with Crippen LogP contribution in [0, 0.1) is 6.92 Å². The zero-order valence-electron chi connectivity index (χ0n) is 6.88. The molecule has 0 spiro atoms. The SMILES string of the molecule is [CH2]CCc1nc2ccccc2[nH]1. The van der Waals surface area contributed by atoms with Crippen LogP contribution in [0.1, 0.15) is 12.2 Å². The van der Waals surface area contributed by atoms with E-state index in [1.165, 1.54) is 0 Å². The van der Waals surface area contributed by atoms with E-state index in [0.29, 0.717) is 0 Å². The summed E-state index contributed by atoms with van der Waals surface area (Å²) < 4.78 is 0. The minimum absolute atomic E-state index is 0.889. The van der Waals surface area contributed by atoms with Gasteiger partial charge in [-0.2, -0.15) is 0 Å². The van der Waals surface area contributed by atoms with Crippen molar-refractivity contribution < 1.29 is 0 Å². The van der Waals surface area contributed by atoms with E-state index < -0.39 is 0 Å². The molecule has 0 saturated carbocycles. The largest absolute Gasteiger partial charge is 0.342 e. The quantitative estimate of drug-likeness (QED) is 0.715. The highest BCUT2D eigenvalue weighted by molar-refractivity contribution is 5.74. The summed E-state index contributed by atoms with van der Waals surface area (Å²) in [6, 6.07) is 8.05. The van der Waals surface area contributed by atoms with Gasteiger partial charge in [0.1, 0.15) is 5.82 Å². The van der Waals surface area contributed by atoms with Crippen LogP contribution in [0.5, 0.6) is 0 Å². The molecule has 0 fully saturated rings. The van der Waals surface area contributed by atoms with E-state index in [1.807, 2.05) is 24.3 Å². The molecular formula is C10H11N2. The van der Waals surface area contributed by atoms with Gasteiger partial charge in [0.05, 0.1) is 11.0 Å². The summed E-state index contributed by atoms with van der Waals surface area (Å²) in [5, 5.41) is 0. The number of aryl methyl sites for hydroxylation is 1. The Labute approximate surface area is 71.6 Å². The highest BCUT2D eigenvalue weighted by Crippen LogP contribution is 2.10. The minimum Gasteiger partial charge on any atom is -0.342 e. The summed E-state index contributed by atoms with van der Waals surface area (Å²) in [7, 11) is 0. The summed E-state index contributed by atoms with van der Waals surface area (Å²) in [4.78, 5) is 7.65. The van der Waals surface area contributed by atoms with Gasteiger partial charge in [-0.1, -0.05) is 19.1 Å². The van der Waals surface area contributed by atoms with Gasteiger partial charge in [0.15, 0.2) is 0 Å². The summed E-state index contributed by atoms with van der Waals surface area (Å²) in [5.41, 5.74) is 2.15. The van der Waals surface area contributed by atoms with Gasteiger partial charge in [-0.3, -0.25) is 0 Å². The molecule has 2 aromatic rings. The molecule has 2 rings (SSSR count). The summed E-state index contributed by atoms with van der Waals surface area (Å²) >= 11 is 0. The second kappa shape index (κ2) is 2.97. The first kappa shape index (κ1) is 7.35. The highest BCUT2D eigenvalue weighted by atomic mass is 14.9. The maximum Gasteiger partial charge on any atom is 0.107 e. The number of aromatic nitrogens is 2. The molecule has 0 amide bonds. The normalized spacial score (nSPS) is 10.8. The second-order valence-corrected chi connectivity index (χ2v) is 2.80. The van der Waals surface area contributed by atoms with Crippen molar-refractivity contribution >= 4 is 11.0 Å². The lowest BCUT2D eigenvalue weighted by Gasteiger charge is -1.86. The van der Waals surface area contributed by atoms with Gasteiger partial charge in [-0.25, -0.2) is 4.98 Å². The van der Waals surface area contributed by atoms with Crippen molar-refractivity contribution in [3.8, 4) is 0 Å². The second-order valence-electron chi connectivity index (χ2n) is 2.80. The molecule has 0 aliphatic carbocycles. The molecule has 1 radical (unpaired) electrons. The Balaban J connectivity index is 2.47. The number of rotatable bonds is 2. The number of fused-ring (bicyclic) bond motifs is 1. The average Bonchev–Trinajstić information content (AvgIpc) is 2.47. The lowest BCUT2D eigenvalue weighted by molar-refractivity contribution is 0.915. The topological polar surface area (TPSA) is 28.7 Å². The Hall–Kier alpha value is -1.31. The molecule has 1 aromatic heterocycles. The lowest BCUT2D eigenvalue weighted by Crippen LogP contribution is -1.84. The Morgan fingerprint density at radius 3 is 2.92 bits per heavy atom. The number of benzene rings is 1. The van der Waals surface area contributed by atoms with E-state index in [4.69, 9.17) is 0 Å². The van der Waals surface area contributed by atoms with Crippen molar-refractivity contribution in [1.29, 1.82) is 0 Å². The standard InChI is InChI=1S/C10H11N2/c1-2-5-10-11-8-6-3-4-7-9(8)12-10/h3-4,6-7H,1-2,5H2,(H,11,12). The first-order valence-electron chi connectivity index (χ1n) is 4.13. The van der Waals surface area contributed by atoms with Crippen LogP contribution in [0.3, 0.4) is 0 Å². The van der Waals surface area contributed by atoms with Crippen molar-refractivity contribution in [2.75, 3.05) is 0 Å². The Kier molecular flexibility index (Phi) is 1.82. The van der Waals surface area contributed by atoms with E-state index >= 15 is 0 Å². The van der Waals surface area contributed by atoms with Gasteiger partial charge in [0.25, 0.3) is 0 Å². The van der Waals surface area contributed by atoms with Gasteiger partial charge < -0.3 is 4.98 Å². The summed E-state index contributed by atoms with van der Waals surface area (Å²) in [6.07, 6.45) is 1.81. The number of hydrogen-bond acceptors (Lipinski definition) is 1. The van der Waals surface area contributed by atoms with Gasteiger partial charge in [0.2, 0.25) is 0 Å². The number of nitrogens with one attached hydrogen (secondary N) is 1. The van der Waals surface area contributed by atoms with Crippen LogP contribution in [0.2, 0.25) is 0 Å². The third-order valence-corrected chi connectivity index (χ3v) is 1.85. The fourth-order valence-electron chi connectivity index (χ4n) is 1.29. The molecule has 1 aromatic carbocycles. The number of para-hydroxylation sites is 2. The first-order valence-corrected chi connectivity index (χ1v) is 4.13. The van der Waals surface area contributed by atoms with Crippen molar-refractivity contribution in [1.82, 2.24) is 9.97 Å². The molecular weight excluding hydrogens is 148 g/mol. The van der Waals surface area contributed by atoms with E-state index in [0.717, 1.165) is 29.7 Å². The molecule has 12 heavy (non-hydrogen) atoms. The molecule has 0 saturated heterocycles. The average molecular weight is 159 g/mol. The fourth-order valence-corrected chi connectivity index (χ4v) is 1.29. The molecule has 1 N–H and O–H groups in total. The number of hydrogen-bond donors (Lipinski definition) is 1. The fraction of sp³-hybridized carbons (Fsp3) is 0.200. The van der Waals surface area contributed by atoms with Crippen molar-refractivity contribution in [3.63, 3.8) is 0 Å². The van der Waals surface area contributed by atoms with E-state index in [-0.39, 0.29) is 0 Å². The van der Waals surface area contributed by atoms with Crippen molar-refractivity contribution in [3.05, 3.63) is 37.0 Å². The molecule has 0 bridgehead atoms. The highest BCUT2D eigenvalue weighted by Gasteiger charge is 1.98. The Morgan fingerprint density at radius 2 is 2.17 bits per heavy atom. The molecule has 2 nitrogen and oxygen atoms in total. The van der Waals surface area contributed by atoms with Crippen LogP contribution in [-0.4, -0.2) is 9.97 Å². The Bertz CT molecular complexity index is 343. The monoisotopic (exact) mass is 159 g/mol. The third kappa shape index (κ3) is 1.20. The van der Waals surface area contributed by atoms with Crippen LogP contribution >= 0.6 is 0 Å². The van der Waals surface area contributed by atoms with Gasteiger partial charge in [0, 0.05) is 6.42 Å². The summed E-state index contributed by atoms with van der Waals surface area (Å²) in [5.74, 6) is 1.03. The van der Waals surface area contributed by atoms with Gasteiger partial charge >= 0.3 is 0 Å². The number of H-pyrrole nitrogens is 1. The van der Waals surface area contributed by atoms with Crippen LogP contribution < -0.4 is 0 Å². The van der Waals surface area contributed by atoms with Crippen LogP contribution in [0.4, 0.5) is 0 Å². The maximum atomic E-state index is 4.41. The smallest absolute Gasteiger partial charge is 0.107 e. The molecule has 2 heteroatoms. The van der Waals surface area contributed by atoms with Crippen LogP contribution in [0.25, 0.3) is 11.0 Å². The predicted molar refractivity (Wildman–Crippen MR) is 49.8 cm³/mol. The predicted octanol–water partition coefficient (Wildman–Crippen LogP) is 2.33. The molecule has 61 valence electrons. The lowest BCUT2D eigenvalue weighted by atomic mass is 10.3. The van der Waals surface area contributed by atoms with E-state index in [2.05, 4.69) is 16.9 Å². The van der Waals surface area contributed by atoms with Crippen LogP contribution in [-0.2, 0) is 6.42 Å². The van der Waals surface area contributed by atoms with Gasteiger partial charge in [-0.05, 0) is 18.6 Å².